The molecule has 0 saturated heterocycles. The maximum absolute atomic E-state index is 12.3. The van der Waals surface area contributed by atoms with Crippen molar-refractivity contribution in [2.24, 2.45) is 0 Å². The molecule has 0 aromatic carbocycles. The largest absolute Gasteiger partial charge is 0.394 e. The first-order valence-electron chi connectivity index (χ1n) is 23.5. The second-order valence-electron chi connectivity index (χ2n) is 15.1. The number of rotatable bonds is 40. The van der Waals surface area contributed by atoms with Crippen molar-refractivity contribution in [2.45, 2.75) is 187 Å². The van der Waals surface area contributed by atoms with Gasteiger partial charge in [-0.1, -0.05) is 211 Å². The topological polar surface area (TPSA) is 69.6 Å². The molecule has 2 atom stereocenters. The Kier molecular flexibility index (Phi) is 45.6. The molecule has 59 heavy (non-hydrogen) atoms. The van der Waals surface area contributed by atoms with E-state index in [1.807, 2.05) is 0 Å². The Bertz CT molecular complexity index is 1280. The van der Waals surface area contributed by atoms with Gasteiger partial charge in [0.2, 0.25) is 5.91 Å². The van der Waals surface area contributed by atoms with E-state index < -0.39 is 12.1 Å². The van der Waals surface area contributed by atoms with E-state index in [2.05, 4.69) is 165 Å². The van der Waals surface area contributed by atoms with E-state index in [-0.39, 0.29) is 12.5 Å². The molecule has 4 heteroatoms. The highest BCUT2D eigenvalue weighted by atomic mass is 16.3. The zero-order valence-corrected chi connectivity index (χ0v) is 37.7. The summed E-state index contributed by atoms with van der Waals surface area (Å²) in [6.45, 7) is 4.17. The molecule has 3 N–H and O–H groups in total. The van der Waals surface area contributed by atoms with Crippen molar-refractivity contribution in [1.82, 2.24) is 5.32 Å². The lowest BCUT2D eigenvalue weighted by Crippen LogP contribution is -2.45. The van der Waals surface area contributed by atoms with Gasteiger partial charge in [0, 0.05) is 6.42 Å². The number of hydrogen-bond donors (Lipinski definition) is 3. The predicted molar refractivity (Wildman–Crippen MR) is 261 cm³/mol. The summed E-state index contributed by atoms with van der Waals surface area (Å²) in [5.74, 6) is -0.0846. The van der Waals surface area contributed by atoms with Crippen LogP contribution in [0.5, 0.6) is 0 Å². The summed E-state index contributed by atoms with van der Waals surface area (Å²) in [6.07, 6.45) is 78.0. The third kappa shape index (κ3) is 45.2. The van der Waals surface area contributed by atoms with Crippen molar-refractivity contribution < 1.29 is 15.0 Å². The molecule has 0 radical (unpaired) electrons. The van der Waals surface area contributed by atoms with Crippen LogP contribution in [0.15, 0.2) is 146 Å². The van der Waals surface area contributed by atoms with Crippen LogP contribution in [-0.4, -0.2) is 34.9 Å². The van der Waals surface area contributed by atoms with E-state index >= 15 is 0 Å². The second kappa shape index (κ2) is 48.6. The number of aliphatic hydroxyl groups is 2. The Morgan fingerprint density at radius 2 is 0.746 bits per heavy atom. The molecule has 0 aliphatic carbocycles. The van der Waals surface area contributed by atoms with E-state index in [1.165, 1.54) is 38.5 Å². The fourth-order valence-corrected chi connectivity index (χ4v) is 6.04. The summed E-state index contributed by atoms with van der Waals surface area (Å²) in [5, 5.41) is 22.9. The van der Waals surface area contributed by atoms with Gasteiger partial charge in [-0.05, 0) is 103 Å². The maximum atomic E-state index is 12.3. The van der Waals surface area contributed by atoms with Crippen molar-refractivity contribution >= 4 is 5.91 Å². The molecule has 0 aromatic rings. The van der Waals surface area contributed by atoms with Crippen molar-refractivity contribution in [1.29, 1.82) is 0 Å². The van der Waals surface area contributed by atoms with Gasteiger partial charge in [0.25, 0.3) is 0 Å². The summed E-state index contributed by atoms with van der Waals surface area (Å²) < 4.78 is 0. The second-order valence-corrected chi connectivity index (χ2v) is 15.1. The number of carbonyl (C=O) groups excluding carboxylic acids is 1. The first-order valence-corrected chi connectivity index (χ1v) is 23.5. The van der Waals surface area contributed by atoms with Crippen LogP contribution in [0.2, 0.25) is 0 Å². The Morgan fingerprint density at radius 3 is 1.08 bits per heavy atom. The van der Waals surface area contributed by atoms with Crippen LogP contribution >= 0.6 is 0 Å². The molecule has 330 valence electrons. The van der Waals surface area contributed by atoms with E-state index in [1.54, 1.807) is 0 Å². The molecule has 0 rings (SSSR count). The number of nitrogens with one attached hydrogen (secondary N) is 1. The highest BCUT2D eigenvalue weighted by molar-refractivity contribution is 5.76. The van der Waals surface area contributed by atoms with Gasteiger partial charge in [-0.25, -0.2) is 0 Å². The lowest BCUT2D eigenvalue weighted by Gasteiger charge is -2.22. The Balaban J connectivity index is 3.73. The standard InChI is InChI=1S/C55H87NO3/c1-3-5-7-9-11-13-14-15-16-17-18-19-20-21-22-23-24-25-26-27-28-29-30-31-32-33-34-35-36-37-38-39-40-41-42-43-45-47-49-51-55(59)56-53(52-57)54(58)50-48-46-44-12-10-8-6-4-2/h5,7,11,13,15-16,18-19,21-22,24-25,27-28,30-31,33-34,36-37,39-40,42-43,53-54,57-58H,3-4,6,8-10,12,14,17,20,23,26,29,32,35,38,41,44-52H2,1-2H3,(H,56,59)/b7-5-,13-11-,16-15-,19-18-,22-21-,25-24-,28-27-,31-30-,34-33-,37-36-,40-39-,43-42-. The molecule has 0 spiro atoms. The van der Waals surface area contributed by atoms with Crippen molar-refractivity contribution in [3.05, 3.63) is 146 Å². The van der Waals surface area contributed by atoms with E-state index in [4.69, 9.17) is 0 Å². The van der Waals surface area contributed by atoms with E-state index in [0.29, 0.717) is 12.8 Å². The van der Waals surface area contributed by atoms with Gasteiger partial charge in [-0.2, -0.15) is 0 Å². The van der Waals surface area contributed by atoms with Gasteiger partial charge in [-0.15, -0.1) is 0 Å². The van der Waals surface area contributed by atoms with Crippen LogP contribution in [0.3, 0.4) is 0 Å². The van der Waals surface area contributed by atoms with Gasteiger partial charge in [-0.3, -0.25) is 4.79 Å². The highest BCUT2D eigenvalue weighted by Crippen LogP contribution is 2.12. The number of amides is 1. The molecular weight excluding hydrogens is 723 g/mol. The van der Waals surface area contributed by atoms with Crippen LogP contribution in [0.4, 0.5) is 0 Å². The average Bonchev–Trinajstić information content (AvgIpc) is 3.24. The third-order valence-corrected chi connectivity index (χ3v) is 9.62. The van der Waals surface area contributed by atoms with Crippen molar-refractivity contribution in [3.8, 4) is 0 Å². The number of unbranched alkanes of at least 4 members (excludes halogenated alkanes) is 9. The summed E-state index contributed by atoms with van der Waals surface area (Å²) in [5.41, 5.74) is 0. The Labute approximate surface area is 363 Å². The Hall–Kier alpha value is -3.73. The van der Waals surface area contributed by atoms with Crippen LogP contribution in [0.25, 0.3) is 0 Å². The van der Waals surface area contributed by atoms with Gasteiger partial charge >= 0.3 is 0 Å². The number of allylic oxidation sites excluding steroid dienone is 24. The average molecular weight is 810 g/mol. The van der Waals surface area contributed by atoms with Crippen molar-refractivity contribution in [2.75, 3.05) is 6.61 Å². The molecule has 0 aromatic heterocycles. The third-order valence-electron chi connectivity index (χ3n) is 9.62. The molecule has 2 unspecified atom stereocenters. The minimum atomic E-state index is -0.685. The summed E-state index contributed by atoms with van der Waals surface area (Å²) in [7, 11) is 0. The predicted octanol–water partition coefficient (Wildman–Crippen LogP) is 15.3. The molecule has 0 saturated carbocycles. The lowest BCUT2D eigenvalue weighted by atomic mass is 10.0. The van der Waals surface area contributed by atoms with Gasteiger partial charge in [0.15, 0.2) is 0 Å². The number of hydrogen-bond acceptors (Lipinski definition) is 3. The molecule has 4 nitrogen and oxygen atoms in total. The minimum absolute atomic E-state index is 0.0846. The molecule has 1 amide bonds. The monoisotopic (exact) mass is 810 g/mol. The SMILES string of the molecule is CC/C=C\C/C=C\C/C=C\C/C=C\C/C=C\C/C=C\C/C=C\C/C=C\C/C=C\C/C=C\C/C=C\C/C=C\CCCCC(=O)NC(CO)C(O)CCCCCCCCCC. The van der Waals surface area contributed by atoms with E-state index in [0.717, 1.165) is 109 Å². The quantitative estimate of drug-likeness (QED) is 0.0426. The normalized spacial score (nSPS) is 14.3. The molecule has 0 fully saturated rings. The first-order chi connectivity index (χ1) is 29.2. The zero-order chi connectivity index (χ0) is 42.8. The molecule has 0 bridgehead atoms. The fourth-order valence-electron chi connectivity index (χ4n) is 6.04. The molecule has 0 heterocycles. The molecule has 0 aliphatic rings. The van der Waals surface area contributed by atoms with Crippen LogP contribution in [-0.2, 0) is 4.79 Å². The molecular formula is C55H87NO3. The minimum Gasteiger partial charge on any atom is -0.394 e. The smallest absolute Gasteiger partial charge is 0.220 e. The zero-order valence-electron chi connectivity index (χ0n) is 37.7. The maximum Gasteiger partial charge on any atom is 0.220 e. The highest BCUT2D eigenvalue weighted by Gasteiger charge is 2.19. The molecule has 0 aliphatic heterocycles. The van der Waals surface area contributed by atoms with Gasteiger partial charge in [0.05, 0.1) is 18.8 Å². The van der Waals surface area contributed by atoms with Crippen LogP contribution in [0, 0.1) is 0 Å². The van der Waals surface area contributed by atoms with Crippen LogP contribution in [0.1, 0.15) is 174 Å². The number of carbonyl (C=O) groups is 1. The van der Waals surface area contributed by atoms with Gasteiger partial charge < -0.3 is 15.5 Å². The summed E-state index contributed by atoms with van der Waals surface area (Å²) in [6, 6.07) is -0.567. The van der Waals surface area contributed by atoms with Crippen molar-refractivity contribution in [3.63, 3.8) is 0 Å². The van der Waals surface area contributed by atoms with Crippen LogP contribution < -0.4 is 5.32 Å². The first kappa shape index (κ1) is 55.3. The summed E-state index contributed by atoms with van der Waals surface area (Å²) >= 11 is 0. The van der Waals surface area contributed by atoms with E-state index in [9.17, 15) is 15.0 Å². The Morgan fingerprint density at radius 1 is 0.424 bits per heavy atom. The summed E-state index contributed by atoms with van der Waals surface area (Å²) in [4.78, 5) is 12.3. The fraction of sp³-hybridized carbons (Fsp3) is 0.545. The lowest BCUT2D eigenvalue weighted by molar-refractivity contribution is -0.123. The van der Waals surface area contributed by atoms with Gasteiger partial charge in [0.1, 0.15) is 0 Å². The number of aliphatic hydroxyl groups excluding tert-OH is 2.